The minimum Gasteiger partial charge on any atom is -0.363 e. The number of aryl methyl sites for hydroxylation is 1. The number of aromatic nitrogens is 2. The van der Waals surface area contributed by atoms with E-state index in [4.69, 9.17) is 17.0 Å². The summed E-state index contributed by atoms with van der Waals surface area (Å²) in [5.41, 5.74) is 1.66. The Labute approximate surface area is 189 Å². The van der Waals surface area contributed by atoms with Crippen LogP contribution in [-0.2, 0) is 7.05 Å². The number of amides is 2. The first-order valence-corrected chi connectivity index (χ1v) is 9.79. The molecule has 0 bridgehead atoms. The van der Waals surface area contributed by atoms with Crippen molar-refractivity contribution < 1.29 is 9.59 Å². The van der Waals surface area contributed by atoms with Crippen molar-refractivity contribution in [3.8, 4) is 6.07 Å². The molecule has 0 aliphatic carbocycles. The van der Waals surface area contributed by atoms with Crippen LogP contribution in [0.3, 0.4) is 0 Å². The Bertz CT molecular complexity index is 1240. The number of anilines is 2. The van der Waals surface area contributed by atoms with Gasteiger partial charge in [-0.15, -0.1) is 0 Å². The zero-order chi connectivity index (χ0) is 23.4. The standard InChI is InChI=1S/C22H20ClN7O2/c1-29(2)19(25)13-4-6-14(7-5-13)21(31)28-20-17(12-26-30(20)3)22(32)27-18-9-8-16(23)10-15(18)11-24/h4-10,12,25H,1-3H3,(H,27,32)(H,28,31). The molecular formula is C22H20ClN7O2. The van der Waals surface area contributed by atoms with Crippen molar-refractivity contribution >= 4 is 40.8 Å². The van der Waals surface area contributed by atoms with E-state index < -0.39 is 11.8 Å². The number of halogens is 1. The summed E-state index contributed by atoms with van der Waals surface area (Å²) in [6, 6.07) is 13.1. The molecule has 3 aromatic rings. The molecule has 0 saturated carbocycles. The molecule has 0 unspecified atom stereocenters. The molecule has 0 atom stereocenters. The molecule has 1 heterocycles. The Kier molecular flexibility index (Phi) is 6.56. The van der Waals surface area contributed by atoms with E-state index in [2.05, 4.69) is 15.7 Å². The van der Waals surface area contributed by atoms with Gasteiger partial charge in [0.2, 0.25) is 0 Å². The summed E-state index contributed by atoms with van der Waals surface area (Å²) >= 11 is 5.90. The van der Waals surface area contributed by atoms with Gasteiger partial charge in [-0.1, -0.05) is 23.7 Å². The number of rotatable bonds is 5. The second kappa shape index (κ2) is 9.32. The smallest absolute Gasteiger partial charge is 0.261 e. The third-order valence-electron chi connectivity index (χ3n) is 4.63. The topological polar surface area (TPSA) is 127 Å². The molecule has 1 aromatic heterocycles. The molecule has 2 aromatic carbocycles. The second-order valence-corrected chi connectivity index (χ2v) is 7.50. The fourth-order valence-electron chi connectivity index (χ4n) is 2.88. The fraction of sp³-hybridized carbons (Fsp3) is 0.136. The maximum absolute atomic E-state index is 12.8. The van der Waals surface area contributed by atoms with Gasteiger partial charge in [-0.3, -0.25) is 19.7 Å². The van der Waals surface area contributed by atoms with Crippen molar-refractivity contribution in [2.24, 2.45) is 7.05 Å². The zero-order valence-corrected chi connectivity index (χ0v) is 18.4. The molecule has 162 valence electrons. The zero-order valence-electron chi connectivity index (χ0n) is 17.6. The number of carbonyl (C=O) groups is 2. The highest BCUT2D eigenvalue weighted by Gasteiger charge is 2.20. The van der Waals surface area contributed by atoms with Crippen molar-refractivity contribution in [1.82, 2.24) is 14.7 Å². The van der Waals surface area contributed by atoms with Crippen molar-refractivity contribution in [1.29, 1.82) is 10.7 Å². The van der Waals surface area contributed by atoms with E-state index in [1.807, 2.05) is 6.07 Å². The largest absolute Gasteiger partial charge is 0.363 e. The summed E-state index contributed by atoms with van der Waals surface area (Å²) in [7, 11) is 5.12. The molecule has 0 fully saturated rings. The summed E-state index contributed by atoms with van der Waals surface area (Å²) < 4.78 is 1.37. The van der Waals surface area contributed by atoms with Crippen LogP contribution in [0.1, 0.15) is 31.8 Å². The molecule has 2 amide bonds. The number of nitrogens with zero attached hydrogens (tertiary/aromatic N) is 4. The monoisotopic (exact) mass is 449 g/mol. The van der Waals surface area contributed by atoms with Crippen molar-refractivity contribution in [3.63, 3.8) is 0 Å². The quantitative estimate of drug-likeness (QED) is 0.406. The number of nitriles is 1. The molecular weight excluding hydrogens is 430 g/mol. The highest BCUT2D eigenvalue weighted by Crippen LogP contribution is 2.22. The number of hydrogen-bond acceptors (Lipinski definition) is 5. The third-order valence-corrected chi connectivity index (χ3v) is 4.87. The lowest BCUT2D eigenvalue weighted by Crippen LogP contribution is -2.22. The van der Waals surface area contributed by atoms with Gasteiger partial charge in [-0.25, -0.2) is 0 Å². The van der Waals surface area contributed by atoms with E-state index in [9.17, 15) is 14.9 Å². The lowest BCUT2D eigenvalue weighted by atomic mass is 10.1. The fourth-order valence-corrected chi connectivity index (χ4v) is 3.05. The van der Waals surface area contributed by atoms with E-state index >= 15 is 0 Å². The second-order valence-electron chi connectivity index (χ2n) is 7.06. The average Bonchev–Trinajstić information content (AvgIpc) is 3.14. The van der Waals surface area contributed by atoms with E-state index in [1.54, 1.807) is 56.4 Å². The molecule has 9 nitrogen and oxygen atoms in total. The summed E-state index contributed by atoms with van der Waals surface area (Å²) in [5, 5.41) is 27.1. The van der Waals surface area contributed by atoms with Crippen molar-refractivity contribution in [2.45, 2.75) is 0 Å². The Balaban J connectivity index is 1.80. The first-order valence-electron chi connectivity index (χ1n) is 9.42. The average molecular weight is 450 g/mol. The first kappa shape index (κ1) is 22.5. The minimum atomic E-state index is -0.540. The van der Waals surface area contributed by atoms with Crippen molar-refractivity contribution in [3.05, 3.63) is 75.9 Å². The number of carbonyl (C=O) groups excluding carboxylic acids is 2. The normalized spacial score (nSPS) is 10.2. The van der Waals surface area contributed by atoms with Gasteiger partial charge in [0, 0.05) is 37.3 Å². The van der Waals surface area contributed by atoms with Crippen LogP contribution < -0.4 is 10.6 Å². The highest BCUT2D eigenvalue weighted by molar-refractivity contribution is 6.30. The maximum Gasteiger partial charge on any atom is 0.261 e. The van der Waals surface area contributed by atoms with Gasteiger partial charge in [-0.05, 0) is 30.3 Å². The minimum absolute atomic E-state index is 0.130. The van der Waals surface area contributed by atoms with Gasteiger partial charge in [0.15, 0.2) is 0 Å². The molecule has 3 rings (SSSR count). The lowest BCUT2D eigenvalue weighted by Gasteiger charge is -2.14. The van der Waals surface area contributed by atoms with Crippen LogP contribution in [0, 0.1) is 16.7 Å². The number of hydrogen-bond donors (Lipinski definition) is 3. The van der Waals surface area contributed by atoms with Crippen LogP contribution in [0.15, 0.2) is 48.7 Å². The molecule has 32 heavy (non-hydrogen) atoms. The van der Waals surface area contributed by atoms with E-state index in [1.165, 1.54) is 23.0 Å². The van der Waals surface area contributed by atoms with Gasteiger partial charge >= 0.3 is 0 Å². The number of amidine groups is 1. The van der Waals surface area contributed by atoms with Crippen LogP contribution in [0.2, 0.25) is 5.02 Å². The summed E-state index contributed by atoms with van der Waals surface area (Å²) in [6.07, 6.45) is 1.33. The van der Waals surface area contributed by atoms with Crippen LogP contribution in [0.4, 0.5) is 11.5 Å². The third kappa shape index (κ3) is 4.77. The molecule has 0 spiro atoms. The number of nitrogens with one attached hydrogen (secondary N) is 3. The Morgan fingerprint density at radius 3 is 2.38 bits per heavy atom. The summed E-state index contributed by atoms with van der Waals surface area (Å²) in [5.74, 6) is -0.455. The summed E-state index contributed by atoms with van der Waals surface area (Å²) in [4.78, 5) is 27.2. The predicted molar refractivity (Wildman–Crippen MR) is 122 cm³/mol. The first-order chi connectivity index (χ1) is 15.2. The van der Waals surface area contributed by atoms with E-state index in [0.29, 0.717) is 27.7 Å². The van der Waals surface area contributed by atoms with E-state index in [0.717, 1.165) is 0 Å². The SMILES string of the molecule is CN(C)C(=N)c1ccc(C(=O)Nc2c(C(=O)Nc3ccc(Cl)cc3C#N)cnn2C)cc1. The molecule has 0 aliphatic rings. The predicted octanol–water partition coefficient (Wildman–Crippen LogP) is 3.34. The van der Waals surface area contributed by atoms with Crippen LogP contribution in [0.25, 0.3) is 0 Å². The lowest BCUT2D eigenvalue weighted by molar-refractivity contribution is 0.102. The van der Waals surface area contributed by atoms with Gasteiger partial charge < -0.3 is 15.5 Å². The molecule has 0 saturated heterocycles. The van der Waals surface area contributed by atoms with Gasteiger partial charge in [0.05, 0.1) is 17.4 Å². The maximum atomic E-state index is 12.8. The Morgan fingerprint density at radius 2 is 1.75 bits per heavy atom. The van der Waals surface area contributed by atoms with Gasteiger partial charge in [-0.2, -0.15) is 10.4 Å². The van der Waals surface area contributed by atoms with Crippen LogP contribution in [-0.4, -0.2) is 46.4 Å². The summed E-state index contributed by atoms with van der Waals surface area (Å²) in [6.45, 7) is 0. The molecule has 10 heteroatoms. The molecule has 3 N–H and O–H groups in total. The van der Waals surface area contributed by atoms with Crippen molar-refractivity contribution in [2.75, 3.05) is 24.7 Å². The Hall–Kier alpha value is -4.16. The van der Waals surface area contributed by atoms with E-state index in [-0.39, 0.29) is 16.9 Å². The highest BCUT2D eigenvalue weighted by atomic mass is 35.5. The number of benzene rings is 2. The molecule has 0 radical (unpaired) electrons. The van der Waals surface area contributed by atoms with Crippen LogP contribution >= 0.6 is 11.6 Å². The van der Waals surface area contributed by atoms with Gasteiger partial charge in [0.1, 0.15) is 23.3 Å². The van der Waals surface area contributed by atoms with Gasteiger partial charge in [0.25, 0.3) is 11.8 Å². The molecule has 0 aliphatic heterocycles. The van der Waals surface area contributed by atoms with Crippen LogP contribution in [0.5, 0.6) is 0 Å². The Morgan fingerprint density at radius 1 is 1.09 bits per heavy atom.